The lowest BCUT2D eigenvalue weighted by atomic mass is 10.1. The summed E-state index contributed by atoms with van der Waals surface area (Å²) in [7, 11) is 1.23. The average Bonchev–Trinajstić information content (AvgIpc) is 2.27. The van der Waals surface area contributed by atoms with Crippen molar-refractivity contribution in [3.8, 4) is 0 Å². The quantitative estimate of drug-likeness (QED) is 0.371. The van der Waals surface area contributed by atoms with Crippen molar-refractivity contribution < 1.29 is 14.7 Å². The summed E-state index contributed by atoms with van der Waals surface area (Å²) in [6.45, 7) is 0. The molecule has 0 aliphatic carbocycles. The predicted octanol–water partition coefficient (Wildman–Crippen LogP) is 1.89. The van der Waals surface area contributed by atoms with E-state index in [-0.39, 0.29) is 12.1 Å². The van der Waals surface area contributed by atoms with Crippen molar-refractivity contribution in [1.82, 2.24) is 0 Å². The molecule has 0 saturated carbocycles. The minimum atomic E-state index is -0.646. The second kappa shape index (κ2) is 5.36. The third-order valence-corrected chi connectivity index (χ3v) is 2.08. The highest BCUT2D eigenvalue weighted by molar-refractivity contribution is 6.36. The van der Waals surface area contributed by atoms with Crippen LogP contribution in [-0.4, -0.2) is 24.0 Å². The Morgan fingerprint density at radius 1 is 1.47 bits per heavy atom. The molecule has 0 amide bonds. The van der Waals surface area contributed by atoms with Crippen LogP contribution < -0.4 is 0 Å². The van der Waals surface area contributed by atoms with Crippen molar-refractivity contribution in [3.05, 3.63) is 34.9 Å². The molecule has 0 aliphatic rings. The Bertz CT molecular complexity index is 373. The molecule has 5 heteroatoms. The highest BCUT2D eigenvalue weighted by Gasteiger charge is 2.12. The van der Waals surface area contributed by atoms with E-state index < -0.39 is 5.97 Å². The van der Waals surface area contributed by atoms with Gasteiger partial charge in [-0.1, -0.05) is 28.9 Å². The minimum Gasteiger partial charge on any atom is -0.464 e. The molecule has 0 aliphatic heterocycles. The molecule has 0 atom stereocenters. The van der Waals surface area contributed by atoms with Gasteiger partial charge < -0.3 is 9.94 Å². The van der Waals surface area contributed by atoms with E-state index >= 15 is 0 Å². The number of carbonyl (C=O) groups excluding carboxylic acids is 1. The first-order valence-electron chi connectivity index (χ1n) is 4.21. The van der Waals surface area contributed by atoms with Gasteiger partial charge in [0, 0.05) is 11.4 Å². The number of halogens is 1. The summed E-state index contributed by atoms with van der Waals surface area (Å²) in [5, 5.41) is 12.1. The summed E-state index contributed by atoms with van der Waals surface area (Å²) >= 11 is 5.70. The number of rotatable bonds is 3. The van der Waals surface area contributed by atoms with Gasteiger partial charge in [-0.25, -0.2) is 4.79 Å². The Morgan fingerprint density at radius 3 is 2.53 bits per heavy atom. The van der Waals surface area contributed by atoms with Crippen molar-refractivity contribution in [1.29, 1.82) is 0 Å². The van der Waals surface area contributed by atoms with Gasteiger partial charge in [0.25, 0.3) is 0 Å². The van der Waals surface area contributed by atoms with Gasteiger partial charge in [0.2, 0.25) is 0 Å². The minimum absolute atomic E-state index is 0.0418. The lowest BCUT2D eigenvalue weighted by Gasteiger charge is -2.02. The van der Waals surface area contributed by atoms with Crippen LogP contribution in [0.2, 0.25) is 5.02 Å². The molecule has 4 nitrogen and oxygen atoms in total. The van der Waals surface area contributed by atoms with Gasteiger partial charge in [0.1, 0.15) is 0 Å². The number of oxime groups is 1. The van der Waals surface area contributed by atoms with Gasteiger partial charge in [-0.05, 0) is 17.7 Å². The molecule has 15 heavy (non-hydrogen) atoms. The van der Waals surface area contributed by atoms with Crippen molar-refractivity contribution in [2.75, 3.05) is 7.11 Å². The van der Waals surface area contributed by atoms with Crippen molar-refractivity contribution in [3.63, 3.8) is 0 Å². The standard InChI is InChI=1S/C10H10ClNO3/c1-15-10(13)9(12-14)6-7-2-4-8(11)5-3-7/h2-5,14H,6H2,1H3/b12-9-. The highest BCUT2D eigenvalue weighted by atomic mass is 35.5. The Morgan fingerprint density at radius 2 is 2.07 bits per heavy atom. The van der Waals surface area contributed by atoms with E-state index in [1.54, 1.807) is 24.3 Å². The molecule has 0 bridgehead atoms. The fourth-order valence-corrected chi connectivity index (χ4v) is 1.19. The molecule has 0 spiro atoms. The maximum absolute atomic E-state index is 11.1. The largest absolute Gasteiger partial charge is 0.464 e. The second-order valence-corrected chi connectivity index (χ2v) is 3.28. The first-order chi connectivity index (χ1) is 7.17. The molecule has 0 fully saturated rings. The number of carbonyl (C=O) groups is 1. The van der Waals surface area contributed by atoms with Crippen molar-refractivity contribution in [2.24, 2.45) is 5.16 Å². The molecule has 0 aromatic heterocycles. The monoisotopic (exact) mass is 227 g/mol. The molecular weight excluding hydrogens is 218 g/mol. The van der Waals surface area contributed by atoms with Gasteiger partial charge in [-0.2, -0.15) is 0 Å². The zero-order chi connectivity index (χ0) is 11.3. The van der Waals surface area contributed by atoms with Crippen LogP contribution in [0, 0.1) is 0 Å². The van der Waals surface area contributed by atoms with E-state index in [9.17, 15) is 4.79 Å². The number of ether oxygens (including phenoxy) is 1. The normalized spacial score (nSPS) is 11.2. The Balaban J connectivity index is 2.76. The van der Waals surface area contributed by atoms with E-state index in [0.29, 0.717) is 5.02 Å². The summed E-state index contributed by atoms with van der Waals surface area (Å²) in [5.41, 5.74) is 0.775. The van der Waals surface area contributed by atoms with E-state index in [4.69, 9.17) is 16.8 Å². The fourth-order valence-electron chi connectivity index (χ4n) is 1.06. The van der Waals surface area contributed by atoms with Crippen LogP contribution in [0.15, 0.2) is 29.4 Å². The van der Waals surface area contributed by atoms with E-state index in [1.807, 2.05) is 0 Å². The number of benzene rings is 1. The van der Waals surface area contributed by atoms with E-state index in [1.165, 1.54) is 7.11 Å². The van der Waals surface area contributed by atoms with Crippen LogP contribution in [0.1, 0.15) is 5.56 Å². The third-order valence-electron chi connectivity index (χ3n) is 1.83. The number of nitrogens with zero attached hydrogens (tertiary/aromatic N) is 1. The van der Waals surface area contributed by atoms with Crippen LogP contribution in [0.5, 0.6) is 0 Å². The predicted molar refractivity (Wildman–Crippen MR) is 56.4 cm³/mol. The van der Waals surface area contributed by atoms with Gasteiger partial charge >= 0.3 is 5.97 Å². The number of hydrogen-bond acceptors (Lipinski definition) is 4. The SMILES string of the molecule is COC(=O)/C(Cc1ccc(Cl)cc1)=N\O. The molecule has 80 valence electrons. The summed E-state index contributed by atoms with van der Waals surface area (Å²) in [6, 6.07) is 6.89. The van der Waals surface area contributed by atoms with Gasteiger partial charge in [-0.15, -0.1) is 0 Å². The van der Waals surface area contributed by atoms with Crippen molar-refractivity contribution in [2.45, 2.75) is 6.42 Å². The maximum atomic E-state index is 11.1. The zero-order valence-corrected chi connectivity index (χ0v) is 8.86. The number of esters is 1. The van der Waals surface area contributed by atoms with Crippen LogP contribution in [0.3, 0.4) is 0 Å². The Kier molecular flexibility index (Phi) is 4.12. The van der Waals surface area contributed by atoms with E-state index in [0.717, 1.165) is 5.56 Å². The summed E-state index contributed by atoms with van der Waals surface area (Å²) in [5.74, 6) is -0.646. The average molecular weight is 228 g/mol. The molecule has 1 rings (SSSR count). The van der Waals surface area contributed by atoms with Gasteiger partial charge in [-0.3, -0.25) is 0 Å². The maximum Gasteiger partial charge on any atom is 0.356 e. The van der Waals surface area contributed by atoms with Crippen LogP contribution in [0.4, 0.5) is 0 Å². The molecule has 0 heterocycles. The van der Waals surface area contributed by atoms with Crippen LogP contribution >= 0.6 is 11.6 Å². The second-order valence-electron chi connectivity index (χ2n) is 2.84. The lowest BCUT2D eigenvalue weighted by Crippen LogP contribution is -2.18. The third kappa shape index (κ3) is 3.25. The first kappa shape index (κ1) is 11.5. The van der Waals surface area contributed by atoms with Gasteiger partial charge in [0.05, 0.1) is 7.11 Å². The summed E-state index contributed by atoms with van der Waals surface area (Å²) < 4.78 is 4.44. The molecule has 0 saturated heterocycles. The first-order valence-corrected chi connectivity index (χ1v) is 4.59. The molecule has 1 aromatic carbocycles. The highest BCUT2D eigenvalue weighted by Crippen LogP contribution is 2.10. The van der Waals surface area contributed by atoms with Crippen LogP contribution in [-0.2, 0) is 16.0 Å². The molecular formula is C10H10ClNO3. The molecule has 0 unspecified atom stereocenters. The van der Waals surface area contributed by atoms with Gasteiger partial charge in [0.15, 0.2) is 5.71 Å². The Hall–Kier alpha value is -1.55. The number of hydrogen-bond donors (Lipinski definition) is 1. The number of methoxy groups -OCH3 is 1. The topological polar surface area (TPSA) is 58.9 Å². The molecule has 0 radical (unpaired) electrons. The van der Waals surface area contributed by atoms with Crippen LogP contribution in [0.25, 0.3) is 0 Å². The molecule has 1 aromatic rings. The summed E-state index contributed by atoms with van der Waals surface area (Å²) in [4.78, 5) is 11.1. The van der Waals surface area contributed by atoms with E-state index in [2.05, 4.69) is 9.89 Å². The lowest BCUT2D eigenvalue weighted by molar-refractivity contribution is -0.132. The van der Waals surface area contributed by atoms with Crippen molar-refractivity contribution >= 4 is 23.3 Å². The summed E-state index contributed by atoms with van der Waals surface area (Å²) in [6.07, 6.45) is 0.209. The Labute approximate surface area is 92.1 Å². The zero-order valence-electron chi connectivity index (χ0n) is 8.11. The fraction of sp³-hybridized carbons (Fsp3) is 0.200. The smallest absolute Gasteiger partial charge is 0.356 e. The molecule has 1 N–H and O–H groups in total.